The summed E-state index contributed by atoms with van der Waals surface area (Å²) in [6.45, 7) is 6.53. The Hall–Kier alpha value is -3.67. The van der Waals surface area contributed by atoms with Crippen molar-refractivity contribution < 1.29 is 28.6 Å². The second kappa shape index (κ2) is 64.9. The van der Waals surface area contributed by atoms with Gasteiger partial charge in [0.1, 0.15) is 13.2 Å². The van der Waals surface area contributed by atoms with Crippen molar-refractivity contribution in [3.8, 4) is 0 Å². The molecular formula is C71H122O6. The van der Waals surface area contributed by atoms with Crippen LogP contribution in [-0.2, 0) is 28.6 Å². The maximum Gasteiger partial charge on any atom is 0.306 e. The van der Waals surface area contributed by atoms with Gasteiger partial charge in [-0.1, -0.05) is 272 Å². The Morgan fingerprint density at radius 1 is 0.273 bits per heavy atom. The lowest BCUT2D eigenvalue weighted by Gasteiger charge is -2.18. The first-order valence-electron chi connectivity index (χ1n) is 32.7. The summed E-state index contributed by atoms with van der Waals surface area (Å²) >= 11 is 0. The van der Waals surface area contributed by atoms with Crippen LogP contribution in [0.2, 0.25) is 0 Å². The molecule has 0 aliphatic rings. The van der Waals surface area contributed by atoms with Gasteiger partial charge in [0.25, 0.3) is 0 Å². The Balaban J connectivity index is 4.35. The van der Waals surface area contributed by atoms with Crippen molar-refractivity contribution in [2.24, 2.45) is 0 Å². The Labute approximate surface area is 477 Å². The van der Waals surface area contributed by atoms with E-state index in [0.29, 0.717) is 19.3 Å². The predicted octanol–water partition coefficient (Wildman–Crippen LogP) is 22.4. The summed E-state index contributed by atoms with van der Waals surface area (Å²) < 4.78 is 16.9. The first-order chi connectivity index (χ1) is 38.0. The monoisotopic (exact) mass is 1070 g/mol. The molecule has 0 N–H and O–H groups in total. The molecule has 0 aliphatic heterocycles. The molecule has 0 aromatic carbocycles. The molecule has 0 bridgehead atoms. The van der Waals surface area contributed by atoms with Crippen LogP contribution in [0.15, 0.2) is 97.2 Å². The van der Waals surface area contributed by atoms with Crippen molar-refractivity contribution in [3.05, 3.63) is 97.2 Å². The van der Waals surface area contributed by atoms with E-state index in [2.05, 4.69) is 118 Å². The van der Waals surface area contributed by atoms with Gasteiger partial charge >= 0.3 is 17.9 Å². The second-order valence-corrected chi connectivity index (χ2v) is 21.6. The van der Waals surface area contributed by atoms with Crippen molar-refractivity contribution in [2.75, 3.05) is 13.2 Å². The van der Waals surface area contributed by atoms with Crippen molar-refractivity contribution >= 4 is 17.9 Å². The average molecular weight is 1070 g/mol. The van der Waals surface area contributed by atoms with Crippen LogP contribution in [0.4, 0.5) is 0 Å². The SMILES string of the molecule is CC/C=C\C/C=C\C/C=C\C/C=C\C/C=C\C/C=C\CCCCCCCCCCC(=O)OCC(COC(=O)CCCCCCC/C=C\CCCCCCCC)OC(=O)CCCCCCCCC/C=C\CCCCCCCC. The van der Waals surface area contributed by atoms with E-state index in [1.54, 1.807) is 0 Å². The van der Waals surface area contributed by atoms with Crippen LogP contribution >= 0.6 is 0 Å². The molecule has 0 rings (SSSR count). The molecule has 1 atom stereocenters. The summed E-state index contributed by atoms with van der Waals surface area (Å²) in [6, 6.07) is 0. The van der Waals surface area contributed by atoms with Crippen molar-refractivity contribution in [3.63, 3.8) is 0 Å². The van der Waals surface area contributed by atoms with Gasteiger partial charge in [-0.25, -0.2) is 0 Å². The summed E-state index contributed by atoms with van der Waals surface area (Å²) in [5, 5.41) is 0. The van der Waals surface area contributed by atoms with E-state index in [4.69, 9.17) is 14.2 Å². The number of unbranched alkanes of at least 4 members (excludes halogenated alkanes) is 32. The molecule has 0 aromatic rings. The van der Waals surface area contributed by atoms with Gasteiger partial charge in [-0.15, -0.1) is 0 Å². The molecule has 0 aromatic heterocycles. The van der Waals surface area contributed by atoms with Crippen LogP contribution in [0.3, 0.4) is 0 Å². The lowest BCUT2D eigenvalue weighted by atomic mass is 10.1. The molecule has 0 amide bonds. The van der Waals surface area contributed by atoms with E-state index >= 15 is 0 Å². The maximum atomic E-state index is 12.9. The number of rotatable bonds is 59. The third-order valence-electron chi connectivity index (χ3n) is 14.0. The van der Waals surface area contributed by atoms with Gasteiger partial charge in [0.15, 0.2) is 6.10 Å². The lowest BCUT2D eigenvalue weighted by molar-refractivity contribution is -0.167. The largest absolute Gasteiger partial charge is 0.462 e. The molecule has 0 radical (unpaired) electrons. The van der Waals surface area contributed by atoms with E-state index < -0.39 is 6.10 Å². The maximum absolute atomic E-state index is 12.9. The van der Waals surface area contributed by atoms with E-state index in [0.717, 1.165) is 109 Å². The first kappa shape index (κ1) is 73.3. The molecule has 442 valence electrons. The number of carbonyl (C=O) groups excluding carboxylic acids is 3. The summed E-state index contributed by atoms with van der Waals surface area (Å²) in [7, 11) is 0. The standard InChI is InChI=1S/C71H122O6/c1-4-7-10-13-16-19-22-25-28-30-31-32-33-34-35-36-37-38-39-41-43-46-49-52-55-58-61-64-70(73)76-67-68(66-75-69(72)63-60-57-54-51-48-45-42-27-24-21-18-15-12-9-6-3)77-71(74)65-62-59-56-53-50-47-44-40-29-26-23-20-17-14-11-8-5-2/h7,10,16,19,25-29,31-32,34-35,37-38,42,68H,4-6,8-9,11-15,17-18,20-24,30,33,36,39-41,43-67H2,1-3H3/b10-7-,19-16-,28-25-,29-26-,32-31-,35-34-,38-37-,42-27-. The molecule has 0 saturated carbocycles. The minimum absolute atomic E-state index is 0.0848. The molecule has 0 heterocycles. The number of carbonyl (C=O) groups is 3. The van der Waals surface area contributed by atoms with Crippen LogP contribution in [0.25, 0.3) is 0 Å². The van der Waals surface area contributed by atoms with Crippen LogP contribution in [0.1, 0.15) is 316 Å². The molecule has 6 heteroatoms. The number of ether oxygens (including phenoxy) is 3. The van der Waals surface area contributed by atoms with Crippen LogP contribution < -0.4 is 0 Å². The minimum Gasteiger partial charge on any atom is -0.462 e. The fraction of sp³-hybridized carbons (Fsp3) is 0.732. The fourth-order valence-corrected chi connectivity index (χ4v) is 9.14. The fourth-order valence-electron chi connectivity index (χ4n) is 9.14. The van der Waals surface area contributed by atoms with Crippen molar-refractivity contribution in [1.29, 1.82) is 0 Å². The van der Waals surface area contributed by atoms with E-state index in [1.807, 2.05) is 0 Å². The number of hydrogen-bond acceptors (Lipinski definition) is 6. The van der Waals surface area contributed by atoms with Gasteiger partial charge in [-0.3, -0.25) is 14.4 Å². The quantitative estimate of drug-likeness (QED) is 0.0261. The first-order valence-corrected chi connectivity index (χ1v) is 32.7. The molecule has 0 fully saturated rings. The summed E-state index contributed by atoms with van der Waals surface area (Å²) in [5.74, 6) is -0.894. The number of hydrogen-bond donors (Lipinski definition) is 0. The van der Waals surface area contributed by atoms with Gasteiger partial charge in [0.2, 0.25) is 0 Å². The third kappa shape index (κ3) is 63.0. The van der Waals surface area contributed by atoms with Crippen LogP contribution in [-0.4, -0.2) is 37.2 Å². The Morgan fingerprint density at radius 2 is 0.506 bits per heavy atom. The molecular weight excluding hydrogens is 949 g/mol. The van der Waals surface area contributed by atoms with E-state index in [9.17, 15) is 14.4 Å². The van der Waals surface area contributed by atoms with Gasteiger partial charge in [-0.2, -0.15) is 0 Å². The smallest absolute Gasteiger partial charge is 0.306 e. The summed E-state index contributed by atoms with van der Waals surface area (Å²) in [6.07, 6.45) is 86.9. The third-order valence-corrected chi connectivity index (χ3v) is 14.0. The Bertz CT molecular complexity index is 1510. The molecule has 77 heavy (non-hydrogen) atoms. The van der Waals surface area contributed by atoms with Gasteiger partial charge in [-0.05, 0) is 122 Å². The van der Waals surface area contributed by atoms with Crippen LogP contribution in [0.5, 0.6) is 0 Å². The molecule has 1 unspecified atom stereocenters. The highest BCUT2D eigenvalue weighted by atomic mass is 16.6. The van der Waals surface area contributed by atoms with Crippen LogP contribution in [0, 0.1) is 0 Å². The summed E-state index contributed by atoms with van der Waals surface area (Å²) in [5.41, 5.74) is 0. The topological polar surface area (TPSA) is 78.9 Å². The van der Waals surface area contributed by atoms with E-state index in [-0.39, 0.29) is 31.1 Å². The zero-order valence-electron chi connectivity index (χ0n) is 50.7. The number of esters is 3. The predicted molar refractivity (Wildman–Crippen MR) is 334 cm³/mol. The highest BCUT2D eigenvalue weighted by Gasteiger charge is 2.19. The average Bonchev–Trinajstić information content (AvgIpc) is 3.43. The molecule has 0 saturated heterocycles. The molecule has 0 aliphatic carbocycles. The summed E-state index contributed by atoms with van der Waals surface area (Å²) in [4.78, 5) is 38.3. The Morgan fingerprint density at radius 3 is 0.805 bits per heavy atom. The zero-order chi connectivity index (χ0) is 55.7. The normalized spacial score (nSPS) is 12.7. The van der Waals surface area contributed by atoms with Crippen molar-refractivity contribution in [2.45, 2.75) is 322 Å². The number of allylic oxidation sites excluding steroid dienone is 16. The van der Waals surface area contributed by atoms with Gasteiger partial charge in [0.05, 0.1) is 0 Å². The van der Waals surface area contributed by atoms with Crippen molar-refractivity contribution in [1.82, 2.24) is 0 Å². The zero-order valence-corrected chi connectivity index (χ0v) is 50.7. The highest BCUT2D eigenvalue weighted by Crippen LogP contribution is 2.16. The van der Waals surface area contributed by atoms with Gasteiger partial charge < -0.3 is 14.2 Å². The van der Waals surface area contributed by atoms with Gasteiger partial charge in [0, 0.05) is 19.3 Å². The lowest BCUT2D eigenvalue weighted by Crippen LogP contribution is -2.30. The minimum atomic E-state index is -0.788. The Kier molecular flexibility index (Phi) is 61.8. The van der Waals surface area contributed by atoms with E-state index in [1.165, 1.54) is 167 Å². The highest BCUT2D eigenvalue weighted by molar-refractivity contribution is 5.71. The second-order valence-electron chi connectivity index (χ2n) is 21.6. The molecule has 6 nitrogen and oxygen atoms in total. The molecule has 0 spiro atoms.